The first kappa shape index (κ1) is 24.3. The number of anilines is 2. The van der Waals surface area contributed by atoms with Crippen LogP contribution in [0, 0.1) is 5.82 Å². The molecular weight excluding hydrogens is 475 g/mol. The maximum absolute atomic E-state index is 13.4. The maximum Gasteiger partial charge on any atom is 0.232 e. The van der Waals surface area contributed by atoms with E-state index in [4.69, 9.17) is 16.3 Å². The van der Waals surface area contributed by atoms with Gasteiger partial charge < -0.3 is 15.0 Å². The fourth-order valence-corrected chi connectivity index (χ4v) is 4.45. The van der Waals surface area contributed by atoms with Crippen LogP contribution in [0.5, 0.6) is 5.75 Å². The van der Waals surface area contributed by atoms with Gasteiger partial charge in [-0.1, -0.05) is 49.3 Å². The molecule has 0 aliphatic heterocycles. The zero-order valence-corrected chi connectivity index (χ0v) is 20.6. The van der Waals surface area contributed by atoms with Gasteiger partial charge in [0.2, 0.25) is 5.95 Å². The van der Waals surface area contributed by atoms with E-state index >= 15 is 0 Å². The average molecular weight is 501 g/mol. The molecule has 4 aromatic rings. The number of benzene rings is 2. The molecule has 0 bridgehead atoms. The molecule has 2 aromatic heterocycles. The topological polar surface area (TPSA) is 67.6 Å². The largest absolute Gasteiger partial charge is 0.487 e. The van der Waals surface area contributed by atoms with Crippen molar-refractivity contribution in [3.05, 3.63) is 71.1 Å². The number of nitrogens with zero attached hydrogens (tertiary/aromatic N) is 5. The highest BCUT2D eigenvalue weighted by molar-refractivity contribution is 7.99. The van der Waals surface area contributed by atoms with Gasteiger partial charge in [0.1, 0.15) is 18.2 Å². The van der Waals surface area contributed by atoms with Gasteiger partial charge in [0.25, 0.3) is 0 Å². The highest BCUT2D eigenvalue weighted by Crippen LogP contribution is 2.30. The highest BCUT2D eigenvalue weighted by Gasteiger charge is 2.11. The maximum atomic E-state index is 13.4. The summed E-state index contributed by atoms with van der Waals surface area (Å²) in [5.41, 5.74) is 2.17. The van der Waals surface area contributed by atoms with Crippen molar-refractivity contribution in [3.8, 4) is 5.75 Å². The Labute approximate surface area is 207 Å². The van der Waals surface area contributed by atoms with Crippen molar-refractivity contribution in [2.75, 3.05) is 30.7 Å². The van der Waals surface area contributed by atoms with Crippen LogP contribution >= 0.6 is 23.4 Å². The van der Waals surface area contributed by atoms with Gasteiger partial charge in [-0.25, -0.2) is 9.37 Å². The van der Waals surface area contributed by atoms with E-state index < -0.39 is 0 Å². The second kappa shape index (κ2) is 11.5. The summed E-state index contributed by atoms with van der Waals surface area (Å²) in [5, 5.41) is 8.72. The van der Waals surface area contributed by atoms with Crippen LogP contribution in [0.25, 0.3) is 5.65 Å². The van der Waals surface area contributed by atoms with Crippen LogP contribution in [0.1, 0.15) is 19.4 Å². The van der Waals surface area contributed by atoms with Crippen molar-refractivity contribution < 1.29 is 9.13 Å². The summed E-state index contributed by atoms with van der Waals surface area (Å²) < 4.78 is 20.8. The number of rotatable bonds is 11. The van der Waals surface area contributed by atoms with Gasteiger partial charge in [-0.3, -0.25) is 0 Å². The lowest BCUT2D eigenvalue weighted by Crippen LogP contribution is -2.25. The highest BCUT2D eigenvalue weighted by atomic mass is 35.5. The summed E-state index contributed by atoms with van der Waals surface area (Å²) in [6.45, 7) is 7.56. The van der Waals surface area contributed by atoms with Gasteiger partial charge in [0.15, 0.2) is 10.8 Å². The van der Waals surface area contributed by atoms with Crippen molar-refractivity contribution in [1.82, 2.24) is 24.5 Å². The molecule has 7 nitrogen and oxygen atoms in total. The van der Waals surface area contributed by atoms with Crippen molar-refractivity contribution in [2.45, 2.75) is 25.6 Å². The predicted molar refractivity (Wildman–Crippen MR) is 135 cm³/mol. The van der Waals surface area contributed by atoms with Crippen LogP contribution in [0.15, 0.2) is 59.9 Å². The lowest BCUT2D eigenvalue weighted by molar-refractivity contribution is 0.306. The Morgan fingerprint density at radius 2 is 1.97 bits per heavy atom. The number of fused-ring (bicyclic) bond motifs is 1. The van der Waals surface area contributed by atoms with Crippen LogP contribution in [0.2, 0.25) is 5.02 Å². The number of halogens is 2. The van der Waals surface area contributed by atoms with Crippen LogP contribution in [0.3, 0.4) is 0 Å². The lowest BCUT2D eigenvalue weighted by atomic mass is 10.2. The van der Waals surface area contributed by atoms with Crippen molar-refractivity contribution >= 4 is 40.6 Å². The number of hydrogen-bond acceptors (Lipinski definition) is 7. The first-order valence-corrected chi connectivity index (χ1v) is 12.4. The molecule has 1 N–H and O–H groups in total. The molecule has 0 amide bonds. The van der Waals surface area contributed by atoms with E-state index in [0.717, 1.165) is 36.6 Å². The Hall–Kier alpha value is -2.88. The molecule has 0 saturated carbocycles. The molecule has 0 aliphatic rings. The minimum atomic E-state index is -0.299. The molecule has 4 rings (SSSR count). The van der Waals surface area contributed by atoms with E-state index in [-0.39, 0.29) is 12.4 Å². The van der Waals surface area contributed by atoms with Crippen molar-refractivity contribution in [1.29, 1.82) is 0 Å². The Balaban J connectivity index is 1.46. The lowest BCUT2D eigenvalue weighted by Gasteiger charge is -2.17. The Bertz CT molecular complexity index is 1250. The summed E-state index contributed by atoms with van der Waals surface area (Å²) in [4.78, 5) is 11.6. The van der Waals surface area contributed by atoms with Gasteiger partial charge in [-0.15, -0.1) is 0 Å². The third kappa shape index (κ3) is 6.16. The third-order valence-corrected chi connectivity index (χ3v) is 6.36. The summed E-state index contributed by atoms with van der Waals surface area (Å²) in [6, 6.07) is 13.5. The average Bonchev–Trinajstić information content (AvgIpc) is 3.30. The molecule has 0 spiro atoms. The van der Waals surface area contributed by atoms with E-state index in [0.29, 0.717) is 27.5 Å². The second-order valence-electron chi connectivity index (χ2n) is 7.50. The molecule has 0 atom stereocenters. The smallest absolute Gasteiger partial charge is 0.232 e. The van der Waals surface area contributed by atoms with Gasteiger partial charge in [-0.05, 0) is 49.0 Å². The number of nitrogens with one attached hydrogen (secondary N) is 1. The molecule has 0 radical (unpaired) electrons. The Morgan fingerprint density at radius 1 is 1.12 bits per heavy atom. The first-order valence-electron chi connectivity index (χ1n) is 11.1. The molecule has 2 aromatic carbocycles. The van der Waals surface area contributed by atoms with E-state index in [1.54, 1.807) is 46.7 Å². The van der Waals surface area contributed by atoms with Gasteiger partial charge in [0.05, 0.1) is 11.2 Å². The van der Waals surface area contributed by atoms with Gasteiger partial charge >= 0.3 is 0 Å². The standard InChI is InChI=1S/C24H26ClFN6OS/c1-3-31(4-2)12-13-34-24-29-22-10-11-27-32(22)23(30-24)28-19-8-9-21(20(25)15-19)33-16-17-6-5-7-18(26)14-17/h5-11,14-15H,3-4,12-13,16H2,1-2H3,(H,28,29,30). The summed E-state index contributed by atoms with van der Waals surface area (Å²) in [5.74, 6) is 1.65. The summed E-state index contributed by atoms with van der Waals surface area (Å²) in [6.07, 6.45) is 1.69. The minimum Gasteiger partial charge on any atom is -0.487 e. The predicted octanol–water partition coefficient (Wildman–Crippen LogP) is 5.67. The van der Waals surface area contributed by atoms with Crippen LogP contribution in [-0.4, -0.2) is 49.9 Å². The number of ether oxygens (including phenoxy) is 1. The van der Waals surface area contributed by atoms with Crippen LogP contribution in [0.4, 0.5) is 16.0 Å². The van der Waals surface area contributed by atoms with E-state index in [2.05, 4.69) is 39.1 Å². The zero-order chi connectivity index (χ0) is 23.9. The Morgan fingerprint density at radius 3 is 2.74 bits per heavy atom. The normalized spacial score (nSPS) is 11.3. The number of aromatic nitrogens is 4. The SMILES string of the molecule is CCN(CC)CCSc1nc(Nc2ccc(OCc3cccc(F)c3)c(Cl)c2)n2nccc2n1. The van der Waals surface area contributed by atoms with Gasteiger partial charge in [0, 0.05) is 24.1 Å². The van der Waals surface area contributed by atoms with E-state index in [1.165, 1.54) is 12.1 Å². The van der Waals surface area contributed by atoms with E-state index in [9.17, 15) is 4.39 Å². The van der Waals surface area contributed by atoms with Crippen LogP contribution < -0.4 is 10.1 Å². The fourth-order valence-electron chi connectivity index (χ4n) is 3.37. The Kier molecular flexibility index (Phi) is 8.21. The van der Waals surface area contributed by atoms with Crippen LogP contribution in [-0.2, 0) is 6.61 Å². The zero-order valence-electron chi connectivity index (χ0n) is 19.0. The van der Waals surface area contributed by atoms with Gasteiger partial charge in [-0.2, -0.15) is 14.6 Å². The molecule has 0 fully saturated rings. The molecule has 10 heteroatoms. The molecular formula is C24H26ClFN6OS. The van der Waals surface area contributed by atoms with Crippen molar-refractivity contribution in [2.24, 2.45) is 0 Å². The number of hydrogen-bond donors (Lipinski definition) is 1. The number of thioether (sulfide) groups is 1. The third-order valence-electron chi connectivity index (χ3n) is 5.24. The molecule has 0 unspecified atom stereocenters. The van der Waals surface area contributed by atoms with Crippen molar-refractivity contribution in [3.63, 3.8) is 0 Å². The fraction of sp³-hybridized carbons (Fsp3) is 0.292. The molecule has 0 saturated heterocycles. The first-order chi connectivity index (χ1) is 16.6. The second-order valence-corrected chi connectivity index (χ2v) is 8.96. The molecule has 2 heterocycles. The monoisotopic (exact) mass is 500 g/mol. The minimum absolute atomic E-state index is 0.220. The quantitative estimate of drug-likeness (QED) is 0.266. The molecule has 34 heavy (non-hydrogen) atoms. The summed E-state index contributed by atoms with van der Waals surface area (Å²) in [7, 11) is 0. The molecule has 178 valence electrons. The summed E-state index contributed by atoms with van der Waals surface area (Å²) >= 11 is 8.06. The van der Waals surface area contributed by atoms with E-state index in [1.807, 2.05) is 12.1 Å². The molecule has 0 aliphatic carbocycles.